The number of hydrogen-bond donors (Lipinski definition) is 1. The van der Waals surface area contributed by atoms with Crippen LogP contribution in [0.15, 0.2) is 89.9 Å². The first-order valence-corrected chi connectivity index (χ1v) is 13.8. The van der Waals surface area contributed by atoms with E-state index in [9.17, 15) is 9.59 Å². The zero-order valence-corrected chi connectivity index (χ0v) is 23.4. The second-order valence-electron chi connectivity index (χ2n) is 9.07. The molecule has 2 aromatic heterocycles. The maximum absolute atomic E-state index is 14.0. The molecule has 0 unspecified atom stereocenters. The second kappa shape index (κ2) is 12.1. The van der Waals surface area contributed by atoms with E-state index in [-0.39, 0.29) is 17.6 Å². The standard InChI is InChI=1S/C32H30N2O5S/c1-4-39-32(36)26-20-34(19-22-10-8-9-13-27(22)38-3)31-28(29(26)35)25(18-33-23-11-6-5-7-12-23)30(40-31)21-14-16-24(37-2)17-15-21/h5-17,20,33H,4,18-19H2,1-3H3. The van der Waals surface area contributed by atoms with E-state index in [0.717, 1.165) is 43.6 Å². The third-order valence-corrected chi connectivity index (χ3v) is 7.95. The molecule has 0 bridgehead atoms. The molecule has 8 heteroatoms. The predicted molar refractivity (Wildman–Crippen MR) is 160 cm³/mol. The minimum Gasteiger partial charge on any atom is -0.497 e. The summed E-state index contributed by atoms with van der Waals surface area (Å²) in [5.41, 5.74) is 3.29. The Morgan fingerprint density at radius 1 is 0.925 bits per heavy atom. The molecule has 0 aliphatic heterocycles. The molecule has 0 aliphatic carbocycles. The maximum atomic E-state index is 14.0. The molecule has 0 radical (unpaired) electrons. The molecular formula is C32H30N2O5S. The van der Waals surface area contributed by atoms with Crippen LogP contribution < -0.4 is 20.2 Å². The number of para-hydroxylation sites is 2. The quantitative estimate of drug-likeness (QED) is 0.196. The number of pyridine rings is 1. The average molecular weight is 555 g/mol. The number of anilines is 1. The Balaban J connectivity index is 1.75. The van der Waals surface area contributed by atoms with Crippen LogP contribution in [-0.4, -0.2) is 31.4 Å². The van der Waals surface area contributed by atoms with Gasteiger partial charge >= 0.3 is 5.97 Å². The zero-order valence-electron chi connectivity index (χ0n) is 22.6. The van der Waals surface area contributed by atoms with Crippen molar-refractivity contribution in [1.82, 2.24) is 4.57 Å². The van der Waals surface area contributed by atoms with E-state index in [1.807, 2.05) is 83.4 Å². The molecule has 0 amide bonds. The normalized spacial score (nSPS) is 10.9. The number of nitrogens with one attached hydrogen (secondary N) is 1. The van der Waals surface area contributed by atoms with Crippen molar-refractivity contribution in [1.29, 1.82) is 0 Å². The van der Waals surface area contributed by atoms with Gasteiger partial charge in [0.25, 0.3) is 0 Å². The van der Waals surface area contributed by atoms with Crippen molar-refractivity contribution in [2.24, 2.45) is 0 Å². The fraction of sp³-hybridized carbons (Fsp3) is 0.188. The summed E-state index contributed by atoms with van der Waals surface area (Å²) >= 11 is 1.52. The summed E-state index contributed by atoms with van der Waals surface area (Å²) in [4.78, 5) is 28.7. The number of esters is 1. The number of fused-ring (bicyclic) bond motifs is 1. The average Bonchev–Trinajstić information content (AvgIpc) is 3.38. The number of nitrogens with zero attached hydrogens (tertiary/aromatic N) is 1. The molecule has 0 aliphatic rings. The van der Waals surface area contributed by atoms with Crippen molar-refractivity contribution in [2.75, 3.05) is 26.1 Å². The first kappa shape index (κ1) is 27.0. The van der Waals surface area contributed by atoms with Crippen LogP contribution in [0.3, 0.4) is 0 Å². The van der Waals surface area contributed by atoms with Gasteiger partial charge in [0, 0.05) is 34.4 Å². The van der Waals surface area contributed by atoms with Gasteiger partial charge < -0.3 is 24.1 Å². The number of carbonyl (C=O) groups is 1. The molecule has 1 N–H and O–H groups in total. The Morgan fingerprint density at radius 3 is 2.35 bits per heavy atom. The number of benzene rings is 3. The van der Waals surface area contributed by atoms with Crippen molar-refractivity contribution in [3.63, 3.8) is 0 Å². The SMILES string of the molecule is CCOC(=O)c1cn(Cc2ccccc2OC)c2sc(-c3ccc(OC)cc3)c(CNc3ccccc3)c2c1=O. The number of carbonyl (C=O) groups excluding carboxylic acids is 1. The van der Waals surface area contributed by atoms with E-state index in [4.69, 9.17) is 14.2 Å². The molecule has 2 heterocycles. The summed E-state index contributed by atoms with van der Waals surface area (Å²) in [6.45, 7) is 2.69. The van der Waals surface area contributed by atoms with Crippen LogP contribution in [0.25, 0.3) is 20.7 Å². The van der Waals surface area contributed by atoms with Gasteiger partial charge in [0.2, 0.25) is 5.43 Å². The van der Waals surface area contributed by atoms with E-state index in [1.54, 1.807) is 27.3 Å². The summed E-state index contributed by atoms with van der Waals surface area (Å²) < 4.78 is 18.2. The van der Waals surface area contributed by atoms with Gasteiger partial charge in [-0.25, -0.2) is 4.79 Å². The lowest BCUT2D eigenvalue weighted by atomic mass is 10.0. The summed E-state index contributed by atoms with van der Waals surface area (Å²) in [5.74, 6) is 0.835. The molecule has 40 heavy (non-hydrogen) atoms. The van der Waals surface area contributed by atoms with E-state index >= 15 is 0 Å². The first-order valence-electron chi connectivity index (χ1n) is 12.9. The number of aromatic nitrogens is 1. The van der Waals surface area contributed by atoms with Crippen LogP contribution in [0.5, 0.6) is 11.5 Å². The molecule has 3 aromatic carbocycles. The highest BCUT2D eigenvalue weighted by molar-refractivity contribution is 7.22. The van der Waals surface area contributed by atoms with E-state index < -0.39 is 5.97 Å². The van der Waals surface area contributed by atoms with Crippen molar-refractivity contribution in [3.8, 4) is 21.9 Å². The van der Waals surface area contributed by atoms with Crippen LogP contribution >= 0.6 is 11.3 Å². The van der Waals surface area contributed by atoms with Crippen molar-refractivity contribution >= 4 is 33.2 Å². The van der Waals surface area contributed by atoms with Crippen LogP contribution in [0.1, 0.15) is 28.4 Å². The number of thiophene rings is 1. The Morgan fingerprint density at radius 2 is 1.65 bits per heavy atom. The van der Waals surface area contributed by atoms with Gasteiger partial charge in [0.05, 0.1) is 32.8 Å². The van der Waals surface area contributed by atoms with Crippen molar-refractivity contribution < 1.29 is 19.0 Å². The Hall–Kier alpha value is -4.56. The summed E-state index contributed by atoms with van der Waals surface area (Å²) in [5, 5.41) is 3.96. The van der Waals surface area contributed by atoms with Gasteiger partial charge in [-0.3, -0.25) is 4.79 Å². The number of hydrogen-bond acceptors (Lipinski definition) is 7. The number of rotatable bonds is 10. The van der Waals surface area contributed by atoms with E-state index in [1.165, 1.54) is 11.3 Å². The van der Waals surface area contributed by atoms with Crippen LogP contribution in [0.4, 0.5) is 5.69 Å². The maximum Gasteiger partial charge on any atom is 0.343 e. The van der Waals surface area contributed by atoms with Crippen molar-refractivity contribution in [3.05, 3.63) is 112 Å². The lowest BCUT2D eigenvalue weighted by Gasteiger charge is -2.14. The number of methoxy groups -OCH3 is 2. The van der Waals surface area contributed by atoms with Crippen LogP contribution in [-0.2, 0) is 17.8 Å². The minimum atomic E-state index is -0.637. The minimum absolute atomic E-state index is 0.00397. The number of ether oxygens (including phenoxy) is 3. The summed E-state index contributed by atoms with van der Waals surface area (Å²) in [6.07, 6.45) is 1.61. The molecule has 0 fully saturated rings. The molecule has 0 saturated heterocycles. The summed E-state index contributed by atoms with van der Waals surface area (Å²) in [7, 11) is 3.26. The Labute approximate surface area is 236 Å². The lowest BCUT2D eigenvalue weighted by Crippen LogP contribution is -2.21. The third-order valence-electron chi connectivity index (χ3n) is 6.63. The third kappa shape index (κ3) is 5.44. The second-order valence-corrected chi connectivity index (χ2v) is 10.1. The highest BCUT2D eigenvalue weighted by atomic mass is 32.1. The van der Waals surface area contributed by atoms with E-state index in [0.29, 0.717) is 18.5 Å². The van der Waals surface area contributed by atoms with Crippen LogP contribution in [0, 0.1) is 0 Å². The van der Waals surface area contributed by atoms with E-state index in [2.05, 4.69) is 5.32 Å². The molecule has 5 aromatic rings. The highest BCUT2D eigenvalue weighted by Crippen LogP contribution is 2.39. The van der Waals surface area contributed by atoms with Gasteiger partial charge in [-0.2, -0.15) is 0 Å². The first-order chi connectivity index (χ1) is 19.5. The molecule has 0 atom stereocenters. The van der Waals surface area contributed by atoms with Gasteiger partial charge in [0.15, 0.2) is 0 Å². The fourth-order valence-corrected chi connectivity index (χ4v) is 5.97. The van der Waals surface area contributed by atoms with Gasteiger partial charge in [-0.1, -0.05) is 36.4 Å². The monoisotopic (exact) mass is 554 g/mol. The molecule has 5 rings (SSSR count). The summed E-state index contributed by atoms with van der Waals surface area (Å²) in [6, 6.07) is 25.3. The fourth-order valence-electron chi connectivity index (χ4n) is 4.68. The zero-order chi connectivity index (χ0) is 28.1. The Kier molecular flexibility index (Phi) is 8.17. The smallest absolute Gasteiger partial charge is 0.343 e. The van der Waals surface area contributed by atoms with Gasteiger partial charge in [0.1, 0.15) is 21.9 Å². The highest BCUT2D eigenvalue weighted by Gasteiger charge is 2.24. The lowest BCUT2D eigenvalue weighted by molar-refractivity contribution is 0.0524. The van der Waals surface area contributed by atoms with Crippen LogP contribution in [0.2, 0.25) is 0 Å². The predicted octanol–water partition coefficient (Wildman–Crippen LogP) is 6.58. The molecular weight excluding hydrogens is 524 g/mol. The largest absolute Gasteiger partial charge is 0.497 e. The van der Waals surface area contributed by atoms with Gasteiger partial charge in [-0.05, 0) is 55.0 Å². The Bertz CT molecular complexity index is 1690. The molecule has 0 saturated carbocycles. The molecule has 7 nitrogen and oxygen atoms in total. The van der Waals surface area contributed by atoms with Crippen molar-refractivity contribution in [2.45, 2.75) is 20.0 Å². The molecule has 204 valence electrons. The molecule has 0 spiro atoms. The van der Waals surface area contributed by atoms with Gasteiger partial charge in [-0.15, -0.1) is 11.3 Å². The topological polar surface area (TPSA) is 78.8 Å².